The van der Waals surface area contributed by atoms with Gasteiger partial charge in [0.05, 0.1) is 19.0 Å². The topological polar surface area (TPSA) is 69.0 Å². The molecule has 0 aliphatic carbocycles. The third-order valence-electron chi connectivity index (χ3n) is 3.75. The number of halogens is 1. The summed E-state index contributed by atoms with van der Waals surface area (Å²) in [5.41, 5.74) is 2.19. The van der Waals surface area contributed by atoms with Crippen LogP contribution in [0.3, 0.4) is 0 Å². The highest BCUT2D eigenvalue weighted by Gasteiger charge is 2.21. The minimum absolute atomic E-state index is 0.0176. The Labute approximate surface area is 157 Å². The lowest BCUT2D eigenvalue weighted by Crippen LogP contribution is -2.33. The van der Waals surface area contributed by atoms with Gasteiger partial charge in [0, 0.05) is 31.3 Å². The van der Waals surface area contributed by atoms with Crippen LogP contribution in [0.1, 0.15) is 30.0 Å². The van der Waals surface area contributed by atoms with Crippen LogP contribution < -0.4 is 9.64 Å². The summed E-state index contributed by atoms with van der Waals surface area (Å²) in [5, 5.41) is 0. The van der Waals surface area contributed by atoms with Crippen LogP contribution in [0, 0.1) is 12.7 Å². The van der Waals surface area contributed by atoms with Crippen molar-refractivity contribution in [2.75, 3.05) is 25.9 Å². The molecule has 0 bridgehead atoms. The molecule has 0 saturated heterocycles. The van der Waals surface area contributed by atoms with E-state index in [1.54, 1.807) is 16.8 Å². The van der Waals surface area contributed by atoms with Gasteiger partial charge in [-0.2, -0.15) is 0 Å². The van der Waals surface area contributed by atoms with Crippen molar-refractivity contribution in [1.29, 1.82) is 0 Å². The van der Waals surface area contributed by atoms with Gasteiger partial charge in [0.1, 0.15) is 12.4 Å². The molecule has 2 heterocycles. The Morgan fingerprint density at radius 1 is 1.22 bits per heavy atom. The molecule has 144 valence electrons. The summed E-state index contributed by atoms with van der Waals surface area (Å²) in [6, 6.07) is 4.16. The molecule has 0 atom stereocenters. The van der Waals surface area contributed by atoms with E-state index in [1.807, 2.05) is 20.8 Å². The molecule has 2 aromatic heterocycles. The third kappa shape index (κ3) is 4.22. The predicted octanol–water partition coefficient (Wildman–Crippen LogP) is 3.46. The summed E-state index contributed by atoms with van der Waals surface area (Å²) in [6.07, 6.45) is 4.84. The number of rotatable bonds is 5. The number of fused-ring (bicyclic) bond motifs is 1. The summed E-state index contributed by atoms with van der Waals surface area (Å²) in [5.74, 6) is -0.851. The Morgan fingerprint density at radius 3 is 2.63 bits per heavy atom. The van der Waals surface area contributed by atoms with Gasteiger partial charge < -0.3 is 13.9 Å². The molecule has 3 rings (SSSR count). The van der Waals surface area contributed by atoms with E-state index in [9.17, 15) is 9.18 Å². The molecule has 0 N–H and O–H groups in total. The van der Waals surface area contributed by atoms with Crippen molar-refractivity contribution in [3.63, 3.8) is 0 Å². The van der Waals surface area contributed by atoms with Gasteiger partial charge in [0.2, 0.25) is 0 Å². The number of ether oxygens (including phenoxy) is 2. The first-order chi connectivity index (χ1) is 13.0. The Balaban J connectivity index is 0.00000126. The summed E-state index contributed by atoms with van der Waals surface area (Å²) in [4.78, 5) is 22.6. The van der Waals surface area contributed by atoms with Crippen LogP contribution in [0.2, 0.25) is 0 Å². The zero-order valence-electron chi connectivity index (χ0n) is 16.1. The molecule has 0 aliphatic heterocycles. The summed E-state index contributed by atoms with van der Waals surface area (Å²) < 4.78 is 25.5. The molecular formula is C19H23FN4O3. The van der Waals surface area contributed by atoms with Crippen molar-refractivity contribution >= 4 is 17.2 Å². The first kappa shape index (κ1) is 20.3. The number of aryl methyl sites for hydroxylation is 1. The molecule has 3 aromatic rings. The van der Waals surface area contributed by atoms with Gasteiger partial charge in [-0.1, -0.05) is 13.8 Å². The van der Waals surface area contributed by atoms with Crippen LogP contribution in [-0.2, 0) is 4.74 Å². The minimum Gasteiger partial charge on any atom is -0.494 e. The van der Waals surface area contributed by atoms with Crippen molar-refractivity contribution in [3.8, 4) is 5.75 Å². The van der Waals surface area contributed by atoms with Gasteiger partial charge in [0.15, 0.2) is 17.2 Å². The van der Waals surface area contributed by atoms with Crippen LogP contribution >= 0.6 is 0 Å². The van der Waals surface area contributed by atoms with E-state index in [0.717, 1.165) is 5.69 Å². The predicted molar refractivity (Wildman–Crippen MR) is 101 cm³/mol. The number of carbonyl (C=O) groups excluding carboxylic acids is 1. The lowest BCUT2D eigenvalue weighted by Gasteiger charge is -2.22. The number of amides is 1. The maximum absolute atomic E-state index is 13.6. The first-order valence-corrected chi connectivity index (χ1v) is 8.49. The fourth-order valence-electron chi connectivity index (χ4n) is 2.46. The Hall–Kier alpha value is -3.00. The lowest BCUT2D eigenvalue weighted by molar-refractivity contribution is 0.0931. The fraction of sp³-hybridized carbons (Fsp3) is 0.316. The quantitative estimate of drug-likeness (QED) is 0.640. The number of methoxy groups -OCH3 is 2. The Kier molecular flexibility index (Phi) is 6.84. The molecule has 0 unspecified atom stereocenters. The second-order valence-electron chi connectivity index (χ2n) is 5.37. The van der Waals surface area contributed by atoms with Crippen LogP contribution in [-0.4, -0.2) is 41.2 Å². The molecule has 27 heavy (non-hydrogen) atoms. The summed E-state index contributed by atoms with van der Waals surface area (Å²) in [7, 11) is 2.83. The summed E-state index contributed by atoms with van der Waals surface area (Å²) >= 11 is 0. The standard InChI is InChI=1S/C17H17FN4O3.C2H6/c1-11-7-20-16-8-19-14(9-21(11)16)17(23)22(10-24-2)12-4-5-13(18)15(6-12)25-3;1-2/h4-9H,10H2,1-3H3;1-2H3. The highest BCUT2D eigenvalue weighted by atomic mass is 19.1. The van der Waals surface area contributed by atoms with Crippen molar-refractivity contribution in [2.45, 2.75) is 20.8 Å². The van der Waals surface area contributed by atoms with E-state index in [1.165, 1.54) is 43.5 Å². The van der Waals surface area contributed by atoms with E-state index in [-0.39, 0.29) is 24.1 Å². The first-order valence-electron chi connectivity index (χ1n) is 8.49. The van der Waals surface area contributed by atoms with Gasteiger partial charge in [-0.15, -0.1) is 0 Å². The number of hydrogen-bond acceptors (Lipinski definition) is 5. The summed E-state index contributed by atoms with van der Waals surface area (Å²) in [6.45, 7) is 5.86. The zero-order chi connectivity index (χ0) is 20.0. The molecule has 1 amide bonds. The monoisotopic (exact) mass is 374 g/mol. The zero-order valence-corrected chi connectivity index (χ0v) is 16.1. The second-order valence-corrected chi connectivity index (χ2v) is 5.37. The van der Waals surface area contributed by atoms with Crippen molar-refractivity contribution in [3.05, 3.63) is 54.0 Å². The molecule has 0 radical (unpaired) electrons. The van der Waals surface area contributed by atoms with Gasteiger partial charge in [-0.25, -0.2) is 14.4 Å². The average molecular weight is 374 g/mol. The van der Waals surface area contributed by atoms with Crippen LogP contribution in [0.15, 0.2) is 36.8 Å². The van der Waals surface area contributed by atoms with Gasteiger partial charge >= 0.3 is 0 Å². The number of imidazole rings is 1. The number of hydrogen-bond donors (Lipinski definition) is 0. The lowest BCUT2D eigenvalue weighted by atomic mass is 10.2. The molecular weight excluding hydrogens is 351 g/mol. The van der Waals surface area contributed by atoms with E-state index >= 15 is 0 Å². The van der Waals surface area contributed by atoms with Gasteiger partial charge in [0.25, 0.3) is 5.91 Å². The van der Waals surface area contributed by atoms with Crippen LogP contribution in [0.5, 0.6) is 5.75 Å². The molecule has 8 heteroatoms. The molecule has 1 aromatic carbocycles. The van der Waals surface area contributed by atoms with Gasteiger partial charge in [-0.3, -0.25) is 9.69 Å². The minimum atomic E-state index is -0.510. The van der Waals surface area contributed by atoms with E-state index in [0.29, 0.717) is 11.3 Å². The van der Waals surface area contributed by atoms with Crippen molar-refractivity contribution in [1.82, 2.24) is 14.4 Å². The second kappa shape index (κ2) is 9.09. The SMILES string of the molecule is CC.COCN(C(=O)c1cn2c(C)cnc2cn1)c1ccc(F)c(OC)c1. The number of nitrogens with zero attached hydrogens (tertiary/aromatic N) is 4. The number of anilines is 1. The van der Waals surface area contributed by atoms with E-state index < -0.39 is 5.82 Å². The fourth-order valence-corrected chi connectivity index (χ4v) is 2.46. The van der Waals surface area contributed by atoms with Crippen LogP contribution in [0.4, 0.5) is 10.1 Å². The van der Waals surface area contributed by atoms with E-state index in [2.05, 4.69) is 9.97 Å². The molecule has 0 saturated carbocycles. The van der Waals surface area contributed by atoms with Crippen molar-refractivity contribution in [2.24, 2.45) is 0 Å². The highest BCUT2D eigenvalue weighted by Crippen LogP contribution is 2.25. The molecule has 7 nitrogen and oxygen atoms in total. The Morgan fingerprint density at radius 2 is 1.96 bits per heavy atom. The number of aromatic nitrogens is 3. The Bertz CT molecular complexity index is 926. The average Bonchev–Trinajstić information content (AvgIpc) is 3.08. The van der Waals surface area contributed by atoms with Crippen LogP contribution in [0.25, 0.3) is 5.65 Å². The number of carbonyl (C=O) groups is 1. The third-order valence-corrected chi connectivity index (χ3v) is 3.75. The smallest absolute Gasteiger partial charge is 0.280 e. The maximum atomic E-state index is 13.6. The highest BCUT2D eigenvalue weighted by molar-refractivity contribution is 6.04. The van der Waals surface area contributed by atoms with Gasteiger partial charge in [-0.05, 0) is 19.1 Å². The number of benzene rings is 1. The van der Waals surface area contributed by atoms with E-state index in [4.69, 9.17) is 9.47 Å². The van der Waals surface area contributed by atoms with Crippen molar-refractivity contribution < 1.29 is 18.7 Å². The normalized spacial score (nSPS) is 10.3. The molecule has 0 aliphatic rings. The molecule has 0 fully saturated rings. The molecule has 0 spiro atoms. The maximum Gasteiger partial charge on any atom is 0.280 e. The largest absolute Gasteiger partial charge is 0.494 e.